The van der Waals surface area contributed by atoms with Crippen molar-refractivity contribution in [3.05, 3.63) is 20.8 Å². The number of nitrogens with zero attached hydrogens (tertiary/aromatic N) is 1. The third-order valence-corrected chi connectivity index (χ3v) is 4.72. The molecule has 2 nitrogen and oxygen atoms in total. The first-order valence-electron chi connectivity index (χ1n) is 5.66. The minimum Gasteiger partial charge on any atom is -0.327 e. The fourth-order valence-electron chi connectivity index (χ4n) is 1.46. The van der Waals surface area contributed by atoms with E-state index in [1.165, 1.54) is 9.35 Å². The topological polar surface area (TPSA) is 29.3 Å². The summed E-state index contributed by atoms with van der Waals surface area (Å²) >= 11 is 5.36. The monoisotopic (exact) mass is 304 g/mol. The summed E-state index contributed by atoms with van der Waals surface area (Å²) in [6, 6.07) is 2.42. The summed E-state index contributed by atoms with van der Waals surface area (Å²) in [5, 5.41) is 2.12. The lowest BCUT2D eigenvalue weighted by atomic mass is 10.0. The van der Waals surface area contributed by atoms with Crippen molar-refractivity contribution in [2.24, 2.45) is 11.7 Å². The maximum Gasteiger partial charge on any atom is 0.0336 e. The van der Waals surface area contributed by atoms with Crippen LogP contribution in [0.25, 0.3) is 0 Å². The van der Waals surface area contributed by atoms with E-state index in [2.05, 4.69) is 53.2 Å². The second-order valence-corrected chi connectivity index (χ2v) is 6.48. The van der Waals surface area contributed by atoms with E-state index in [0.717, 1.165) is 19.5 Å². The molecule has 1 aromatic rings. The first kappa shape index (κ1) is 14.2. The van der Waals surface area contributed by atoms with Crippen LogP contribution >= 0.6 is 27.3 Å². The Labute approximate surface area is 111 Å². The highest BCUT2D eigenvalue weighted by Gasteiger charge is 2.10. The Morgan fingerprint density at radius 3 is 2.69 bits per heavy atom. The normalized spacial score (nSPS) is 13.7. The van der Waals surface area contributed by atoms with Gasteiger partial charge in [0.15, 0.2) is 0 Å². The van der Waals surface area contributed by atoms with Crippen LogP contribution < -0.4 is 5.73 Å². The molecule has 1 atom stereocenters. The Morgan fingerprint density at radius 1 is 1.50 bits per heavy atom. The molecule has 1 rings (SSSR count). The number of halogens is 1. The van der Waals surface area contributed by atoms with Gasteiger partial charge >= 0.3 is 0 Å². The molecule has 0 amide bonds. The van der Waals surface area contributed by atoms with Crippen molar-refractivity contribution in [1.29, 1.82) is 0 Å². The predicted molar refractivity (Wildman–Crippen MR) is 75.8 cm³/mol. The standard InChI is InChI=1S/C12H21BrN2S/c1-9(2)11(14)4-6-15(3)8-12-10(13)5-7-16-12/h5,7,9,11H,4,6,8,14H2,1-3H3. The third-order valence-electron chi connectivity index (χ3n) is 2.81. The molecule has 1 unspecified atom stereocenters. The minimum atomic E-state index is 0.314. The highest BCUT2D eigenvalue weighted by molar-refractivity contribution is 9.10. The number of hydrogen-bond acceptors (Lipinski definition) is 3. The SMILES string of the molecule is CC(C)C(N)CCN(C)Cc1sccc1Br. The van der Waals surface area contributed by atoms with E-state index in [1.54, 1.807) is 11.3 Å². The number of rotatable bonds is 6. The molecule has 0 fully saturated rings. The molecule has 1 heterocycles. The van der Waals surface area contributed by atoms with Crippen molar-refractivity contribution in [3.63, 3.8) is 0 Å². The summed E-state index contributed by atoms with van der Waals surface area (Å²) < 4.78 is 1.22. The highest BCUT2D eigenvalue weighted by Crippen LogP contribution is 2.23. The largest absolute Gasteiger partial charge is 0.327 e. The van der Waals surface area contributed by atoms with Crippen molar-refractivity contribution in [3.8, 4) is 0 Å². The number of hydrogen-bond donors (Lipinski definition) is 1. The number of nitrogens with two attached hydrogens (primary N) is 1. The maximum absolute atomic E-state index is 6.03. The molecule has 16 heavy (non-hydrogen) atoms. The maximum atomic E-state index is 6.03. The lowest BCUT2D eigenvalue weighted by molar-refractivity contribution is 0.298. The summed E-state index contributed by atoms with van der Waals surface area (Å²) in [5.41, 5.74) is 6.03. The van der Waals surface area contributed by atoms with Crippen LogP contribution in [0.5, 0.6) is 0 Å². The quantitative estimate of drug-likeness (QED) is 0.873. The van der Waals surface area contributed by atoms with Crippen LogP contribution in [-0.2, 0) is 6.54 Å². The lowest BCUT2D eigenvalue weighted by Gasteiger charge is -2.21. The molecule has 4 heteroatoms. The molecule has 0 saturated heterocycles. The second kappa shape index (κ2) is 6.74. The second-order valence-electron chi connectivity index (χ2n) is 4.63. The van der Waals surface area contributed by atoms with E-state index in [-0.39, 0.29) is 0 Å². The molecule has 2 N–H and O–H groups in total. The Balaban J connectivity index is 2.31. The average molecular weight is 305 g/mol. The van der Waals surface area contributed by atoms with Gasteiger partial charge < -0.3 is 10.6 Å². The van der Waals surface area contributed by atoms with Crippen LogP contribution in [0.15, 0.2) is 15.9 Å². The number of thiophene rings is 1. The van der Waals surface area contributed by atoms with Crippen LogP contribution in [0.2, 0.25) is 0 Å². The van der Waals surface area contributed by atoms with E-state index in [4.69, 9.17) is 5.73 Å². The van der Waals surface area contributed by atoms with Crippen molar-refractivity contribution in [1.82, 2.24) is 4.90 Å². The molecule has 92 valence electrons. The van der Waals surface area contributed by atoms with Gasteiger partial charge in [0, 0.05) is 21.9 Å². The van der Waals surface area contributed by atoms with Crippen molar-refractivity contribution in [2.45, 2.75) is 32.9 Å². The van der Waals surface area contributed by atoms with Gasteiger partial charge in [0.1, 0.15) is 0 Å². The van der Waals surface area contributed by atoms with E-state index < -0.39 is 0 Å². The van der Waals surface area contributed by atoms with Gasteiger partial charge in [0.2, 0.25) is 0 Å². The van der Waals surface area contributed by atoms with Crippen molar-refractivity contribution < 1.29 is 0 Å². The Hall–Kier alpha value is 0.100. The van der Waals surface area contributed by atoms with Crippen LogP contribution in [-0.4, -0.2) is 24.5 Å². The highest BCUT2D eigenvalue weighted by atomic mass is 79.9. The van der Waals surface area contributed by atoms with Gasteiger partial charge in [-0.1, -0.05) is 13.8 Å². The Morgan fingerprint density at radius 2 is 2.19 bits per heavy atom. The third kappa shape index (κ3) is 4.53. The predicted octanol–water partition coefficient (Wildman–Crippen LogP) is 3.32. The lowest BCUT2D eigenvalue weighted by Crippen LogP contribution is -2.31. The molecule has 0 aliphatic heterocycles. The van der Waals surface area contributed by atoms with Gasteiger partial charge in [-0.15, -0.1) is 11.3 Å². The fourth-order valence-corrected chi connectivity index (χ4v) is 3.02. The van der Waals surface area contributed by atoms with Gasteiger partial charge in [0.05, 0.1) is 0 Å². The van der Waals surface area contributed by atoms with Gasteiger partial charge in [-0.3, -0.25) is 0 Å². The van der Waals surface area contributed by atoms with Crippen LogP contribution in [0.3, 0.4) is 0 Å². The summed E-state index contributed by atoms with van der Waals surface area (Å²) in [4.78, 5) is 3.72. The fraction of sp³-hybridized carbons (Fsp3) is 0.667. The van der Waals surface area contributed by atoms with Gasteiger partial charge in [-0.05, 0) is 53.3 Å². The zero-order chi connectivity index (χ0) is 12.1. The van der Waals surface area contributed by atoms with E-state index in [1.807, 2.05) is 0 Å². The zero-order valence-corrected chi connectivity index (χ0v) is 12.6. The average Bonchev–Trinajstić information content (AvgIpc) is 2.60. The summed E-state index contributed by atoms with van der Waals surface area (Å²) in [7, 11) is 2.15. The molecule has 0 spiro atoms. The Bertz CT molecular complexity index is 312. The van der Waals surface area contributed by atoms with E-state index in [0.29, 0.717) is 12.0 Å². The van der Waals surface area contributed by atoms with Crippen molar-refractivity contribution >= 4 is 27.3 Å². The summed E-state index contributed by atoms with van der Waals surface area (Å²) in [6.07, 6.45) is 1.07. The molecule has 1 aromatic heterocycles. The zero-order valence-electron chi connectivity index (χ0n) is 10.2. The van der Waals surface area contributed by atoms with Crippen LogP contribution in [0.1, 0.15) is 25.1 Å². The molecular weight excluding hydrogens is 284 g/mol. The summed E-state index contributed by atoms with van der Waals surface area (Å²) in [5.74, 6) is 0.571. The molecule has 0 bridgehead atoms. The van der Waals surface area contributed by atoms with E-state index in [9.17, 15) is 0 Å². The van der Waals surface area contributed by atoms with Gasteiger partial charge in [-0.25, -0.2) is 0 Å². The smallest absolute Gasteiger partial charge is 0.0336 e. The first-order chi connectivity index (χ1) is 7.50. The first-order valence-corrected chi connectivity index (χ1v) is 7.34. The van der Waals surface area contributed by atoms with Crippen molar-refractivity contribution in [2.75, 3.05) is 13.6 Å². The molecule has 0 aliphatic rings. The van der Waals surface area contributed by atoms with E-state index >= 15 is 0 Å². The molecule has 0 aromatic carbocycles. The van der Waals surface area contributed by atoms with Gasteiger partial charge in [-0.2, -0.15) is 0 Å². The Kier molecular flexibility index (Phi) is 5.97. The van der Waals surface area contributed by atoms with Crippen LogP contribution in [0.4, 0.5) is 0 Å². The van der Waals surface area contributed by atoms with Crippen LogP contribution in [0, 0.1) is 5.92 Å². The summed E-state index contributed by atoms with van der Waals surface area (Å²) in [6.45, 7) is 6.42. The molecule has 0 radical (unpaired) electrons. The molecular formula is C12H21BrN2S. The van der Waals surface area contributed by atoms with Gasteiger partial charge in [0.25, 0.3) is 0 Å². The molecule has 0 saturated carbocycles. The minimum absolute atomic E-state index is 0.314. The molecule has 0 aliphatic carbocycles.